The van der Waals surface area contributed by atoms with E-state index in [1.165, 1.54) is 148 Å². The van der Waals surface area contributed by atoms with Gasteiger partial charge in [0.1, 0.15) is 6.61 Å². The normalized spacial score (nSPS) is 12.4. The quantitative estimate of drug-likeness (QED) is 0.0349. The third-order valence-electron chi connectivity index (χ3n) is 10.7. The molecule has 0 radical (unpaired) electrons. The Kier molecular flexibility index (Phi) is 45.9. The molecular formula is C51H94O5. The second-order valence-corrected chi connectivity index (χ2v) is 16.4. The van der Waals surface area contributed by atoms with Gasteiger partial charge in [0.2, 0.25) is 0 Å². The molecule has 328 valence electrons. The summed E-state index contributed by atoms with van der Waals surface area (Å²) in [7, 11) is 0. The smallest absolute Gasteiger partial charge is 0.306 e. The van der Waals surface area contributed by atoms with E-state index >= 15 is 0 Å². The van der Waals surface area contributed by atoms with Crippen LogP contribution in [0.25, 0.3) is 0 Å². The lowest BCUT2D eigenvalue weighted by Gasteiger charge is -2.18. The van der Waals surface area contributed by atoms with Crippen molar-refractivity contribution in [1.82, 2.24) is 0 Å². The van der Waals surface area contributed by atoms with Crippen molar-refractivity contribution >= 4 is 11.9 Å². The van der Waals surface area contributed by atoms with Gasteiger partial charge in [0, 0.05) is 19.4 Å². The zero-order valence-corrected chi connectivity index (χ0v) is 37.7. The summed E-state index contributed by atoms with van der Waals surface area (Å²) in [6.45, 7) is 7.66. The number of hydrogen-bond acceptors (Lipinski definition) is 5. The van der Waals surface area contributed by atoms with Gasteiger partial charge in [-0.1, -0.05) is 224 Å². The molecule has 0 aromatic heterocycles. The van der Waals surface area contributed by atoms with Crippen LogP contribution >= 0.6 is 0 Å². The summed E-state index contributed by atoms with van der Waals surface area (Å²) < 4.78 is 17.2. The largest absolute Gasteiger partial charge is 0.462 e. The first-order valence-electron chi connectivity index (χ1n) is 24.5. The van der Waals surface area contributed by atoms with E-state index in [9.17, 15) is 9.59 Å². The summed E-state index contributed by atoms with van der Waals surface area (Å²) in [4.78, 5) is 25.0. The average molecular weight is 787 g/mol. The number of hydrogen-bond donors (Lipinski definition) is 0. The van der Waals surface area contributed by atoms with Crippen molar-refractivity contribution in [2.45, 2.75) is 258 Å². The number of ether oxygens (including phenoxy) is 3. The molecule has 0 heterocycles. The van der Waals surface area contributed by atoms with Crippen molar-refractivity contribution in [1.29, 1.82) is 0 Å². The molecule has 0 saturated carbocycles. The van der Waals surface area contributed by atoms with E-state index < -0.39 is 6.10 Å². The zero-order valence-electron chi connectivity index (χ0n) is 37.7. The van der Waals surface area contributed by atoms with Crippen LogP contribution in [0, 0.1) is 0 Å². The van der Waals surface area contributed by atoms with Crippen molar-refractivity contribution in [3.63, 3.8) is 0 Å². The maximum atomic E-state index is 12.6. The molecule has 0 bridgehead atoms. The van der Waals surface area contributed by atoms with Gasteiger partial charge in [-0.3, -0.25) is 9.59 Å². The summed E-state index contributed by atoms with van der Waals surface area (Å²) in [5.41, 5.74) is 0. The summed E-state index contributed by atoms with van der Waals surface area (Å²) in [5.74, 6) is -0.419. The molecule has 0 fully saturated rings. The SMILES string of the molecule is CC/C=C\C/C=C\C/C=C\CCCCCCCC(=O)OCC(COCCCCCCCCCCCCCCCCCCCCCC)OC(=O)CCCCCCC. The van der Waals surface area contributed by atoms with E-state index in [1.807, 2.05) is 0 Å². The van der Waals surface area contributed by atoms with Gasteiger partial charge in [-0.2, -0.15) is 0 Å². The monoisotopic (exact) mass is 787 g/mol. The van der Waals surface area contributed by atoms with Gasteiger partial charge >= 0.3 is 11.9 Å². The molecule has 0 aromatic carbocycles. The van der Waals surface area contributed by atoms with E-state index in [1.54, 1.807) is 0 Å². The standard InChI is InChI=1S/C51H94O5/c1-4-7-10-13-15-17-19-21-23-24-25-26-27-29-31-33-35-37-40-43-46-54-47-49(56-51(53)45-42-38-12-9-6-3)48-55-50(52)44-41-39-36-34-32-30-28-22-20-18-16-14-11-8-5-2/h8,11,16,18,22,28,49H,4-7,9-10,12-15,17,19-21,23-27,29-48H2,1-3H3/b11-8-,18-16-,28-22-. The molecule has 0 aliphatic carbocycles. The lowest BCUT2D eigenvalue weighted by molar-refractivity contribution is -0.163. The fourth-order valence-electron chi connectivity index (χ4n) is 7.05. The van der Waals surface area contributed by atoms with Gasteiger partial charge in [0.05, 0.1) is 6.61 Å². The fourth-order valence-corrected chi connectivity index (χ4v) is 7.05. The Morgan fingerprint density at radius 1 is 0.411 bits per heavy atom. The Morgan fingerprint density at radius 2 is 0.804 bits per heavy atom. The Hall–Kier alpha value is -1.88. The van der Waals surface area contributed by atoms with Crippen molar-refractivity contribution in [3.05, 3.63) is 36.5 Å². The maximum absolute atomic E-state index is 12.6. The zero-order chi connectivity index (χ0) is 40.7. The van der Waals surface area contributed by atoms with E-state index in [-0.39, 0.29) is 25.2 Å². The minimum atomic E-state index is -0.534. The predicted molar refractivity (Wildman–Crippen MR) is 242 cm³/mol. The van der Waals surface area contributed by atoms with Crippen LogP contribution in [0.4, 0.5) is 0 Å². The van der Waals surface area contributed by atoms with Gasteiger partial charge in [-0.15, -0.1) is 0 Å². The van der Waals surface area contributed by atoms with Gasteiger partial charge in [-0.25, -0.2) is 0 Å². The van der Waals surface area contributed by atoms with Gasteiger partial charge in [-0.05, 0) is 51.4 Å². The highest BCUT2D eigenvalue weighted by atomic mass is 16.6. The molecule has 1 atom stereocenters. The second-order valence-electron chi connectivity index (χ2n) is 16.4. The lowest BCUT2D eigenvalue weighted by atomic mass is 10.0. The molecule has 0 rings (SSSR count). The minimum absolute atomic E-state index is 0.0800. The molecular weight excluding hydrogens is 693 g/mol. The van der Waals surface area contributed by atoms with Crippen LogP contribution in [-0.2, 0) is 23.8 Å². The van der Waals surface area contributed by atoms with Crippen molar-refractivity contribution in [2.24, 2.45) is 0 Å². The number of rotatable bonds is 45. The van der Waals surface area contributed by atoms with Crippen LogP contribution in [0.1, 0.15) is 252 Å². The van der Waals surface area contributed by atoms with Crippen LogP contribution < -0.4 is 0 Å². The molecule has 5 nitrogen and oxygen atoms in total. The molecule has 1 unspecified atom stereocenters. The first-order valence-corrected chi connectivity index (χ1v) is 24.5. The van der Waals surface area contributed by atoms with Gasteiger partial charge in [0.15, 0.2) is 6.10 Å². The van der Waals surface area contributed by atoms with Crippen LogP contribution in [0.2, 0.25) is 0 Å². The molecule has 0 saturated heterocycles. The maximum Gasteiger partial charge on any atom is 0.306 e. The fraction of sp³-hybridized carbons (Fsp3) is 0.843. The molecule has 5 heteroatoms. The van der Waals surface area contributed by atoms with Crippen LogP contribution in [0.15, 0.2) is 36.5 Å². The van der Waals surface area contributed by atoms with Gasteiger partial charge in [0.25, 0.3) is 0 Å². The Balaban J connectivity index is 3.99. The topological polar surface area (TPSA) is 61.8 Å². The Labute approximate surface area is 349 Å². The van der Waals surface area contributed by atoms with Crippen LogP contribution in [-0.4, -0.2) is 37.9 Å². The predicted octanol–water partition coefficient (Wildman–Crippen LogP) is 16.2. The minimum Gasteiger partial charge on any atom is -0.462 e. The lowest BCUT2D eigenvalue weighted by Crippen LogP contribution is -2.30. The molecule has 0 spiro atoms. The first kappa shape index (κ1) is 54.1. The van der Waals surface area contributed by atoms with Crippen molar-refractivity contribution < 1.29 is 23.8 Å². The highest BCUT2D eigenvalue weighted by Gasteiger charge is 2.17. The summed E-state index contributed by atoms with van der Waals surface area (Å²) in [5, 5.41) is 0. The second kappa shape index (κ2) is 47.5. The number of unbranched alkanes of at least 4 members (excludes halogenated alkanes) is 28. The summed E-state index contributed by atoms with van der Waals surface area (Å²) >= 11 is 0. The molecule has 56 heavy (non-hydrogen) atoms. The van der Waals surface area contributed by atoms with Crippen LogP contribution in [0.5, 0.6) is 0 Å². The third-order valence-corrected chi connectivity index (χ3v) is 10.7. The molecule has 0 N–H and O–H groups in total. The number of esters is 2. The highest BCUT2D eigenvalue weighted by molar-refractivity contribution is 5.70. The highest BCUT2D eigenvalue weighted by Crippen LogP contribution is 2.16. The first-order chi connectivity index (χ1) is 27.6. The molecule has 0 aliphatic heterocycles. The molecule has 0 aromatic rings. The van der Waals surface area contributed by atoms with Crippen LogP contribution in [0.3, 0.4) is 0 Å². The summed E-state index contributed by atoms with van der Waals surface area (Å²) in [6, 6.07) is 0. The summed E-state index contributed by atoms with van der Waals surface area (Å²) in [6.07, 6.45) is 56.1. The molecule has 0 amide bonds. The number of allylic oxidation sites excluding steroid dienone is 6. The molecule has 0 aliphatic rings. The number of carbonyl (C=O) groups excluding carboxylic acids is 2. The average Bonchev–Trinajstić information content (AvgIpc) is 3.20. The van der Waals surface area contributed by atoms with E-state index in [0.717, 1.165) is 70.6 Å². The Bertz CT molecular complexity index is 893. The van der Waals surface area contributed by atoms with Crippen molar-refractivity contribution in [3.8, 4) is 0 Å². The Morgan fingerprint density at radius 3 is 1.29 bits per heavy atom. The third kappa shape index (κ3) is 44.8. The van der Waals surface area contributed by atoms with Crippen molar-refractivity contribution in [2.75, 3.05) is 19.8 Å². The van der Waals surface area contributed by atoms with E-state index in [0.29, 0.717) is 19.4 Å². The van der Waals surface area contributed by atoms with Gasteiger partial charge < -0.3 is 14.2 Å². The van der Waals surface area contributed by atoms with E-state index in [4.69, 9.17) is 14.2 Å². The number of carbonyl (C=O) groups is 2. The van der Waals surface area contributed by atoms with E-state index in [2.05, 4.69) is 57.2 Å².